The quantitative estimate of drug-likeness (QED) is 0.930. The van der Waals surface area contributed by atoms with Gasteiger partial charge in [0.05, 0.1) is 18.8 Å². The molecule has 1 N–H and O–H groups in total. The molecular weight excluding hydrogens is 275 g/mol. The first-order chi connectivity index (χ1) is 9.79. The van der Waals surface area contributed by atoms with Crippen molar-refractivity contribution in [3.8, 4) is 5.88 Å². The summed E-state index contributed by atoms with van der Waals surface area (Å²) in [5.41, 5.74) is 1.84. The molecule has 2 heterocycles. The van der Waals surface area contributed by atoms with Crippen molar-refractivity contribution in [2.45, 2.75) is 17.4 Å². The van der Waals surface area contributed by atoms with Crippen LogP contribution in [0.15, 0.2) is 41.4 Å². The summed E-state index contributed by atoms with van der Waals surface area (Å²) >= 11 is 1.58. The minimum absolute atomic E-state index is 0.0834. The lowest BCUT2D eigenvalue weighted by Gasteiger charge is -2.27. The van der Waals surface area contributed by atoms with Gasteiger partial charge in [-0.2, -0.15) is 0 Å². The molecule has 1 atom stereocenters. The molecule has 3 nitrogen and oxygen atoms in total. The van der Waals surface area contributed by atoms with Crippen molar-refractivity contribution < 1.29 is 9.13 Å². The lowest BCUT2D eigenvalue weighted by molar-refractivity contribution is 0.399. The fraction of sp³-hybridized carbons (Fsp3) is 0.267. The molecule has 0 amide bonds. The van der Waals surface area contributed by atoms with Crippen LogP contribution in [-0.4, -0.2) is 17.8 Å². The van der Waals surface area contributed by atoms with E-state index in [1.54, 1.807) is 31.1 Å². The Kier molecular flexibility index (Phi) is 3.78. The molecule has 3 rings (SSSR count). The van der Waals surface area contributed by atoms with Gasteiger partial charge in [0.15, 0.2) is 0 Å². The normalized spacial score (nSPS) is 17.4. The number of pyridine rings is 1. The maximum atomic E-state index is 13.8. The van der Waals surface area contributed by atoms with Crippen LogP contribution in [0.25, 0.3) is 0 Å². The van der Waals surface area contributed by atoms with Gasteiger partial charge >= 0.3 is 0 Å². The maximum absolute atomic E-state index is 13.8. The van der Waals surface area contributed by atoms with Crippen molar-refractivity contribution in [3.05, 3.63) is 47.9 Å². The second-order valence-corrected chi connectivity index (χ2v) is 5.66. The van der Waals surface area contributed by atoms with Crippen LogP contribution in [0.1, 0.15) is 18.0 Å². The van der Waals surface area contributed by atoms with Crippen LogP contribution in [-0.2, 0) is 0 Å². The van der Waals surface area contributed by atoms with Crippen molar-refractivity contribution in [2.75, 3.05) is 18.2 Å². The van der Waals surface area contributed by atoms with Gasteiger partial charge in [-0.05, 0) is 30.2 Å². The molecule has 1 aromatic heterocycles. The van der Waals surface area contributed by atoms with Gasteiger partial charge in [0.1, 0.15) is 5.82 Å². The zero-order valence-corrected chi connectivity index (χ0v) is 11.9. The zero-order valence-electron chi connectivity index (χ0n) is 11.1. The van der Waals surface area contributed by atoms with Gasteiger partial charge in [-0.25, -0.2) is 9.37 Å². The van der Waals surface area contributed by atoms with Crippen molar-refractivity contribution in [2.24, 2.45) is 0 Å². The molecule has 0 saturated heterocycles. The molecule has 1 aromatic carbocycles. The van der Waals surface area contributed by atoms with Crippen LogP contribution in [0.4, 0.5) is 10.1 Å². The average molecular weight is 290 g/mol. The van der Waals surface area contributed by atoms with E-state index in [-0.39, 0.29) is 11.9 Å². The highest BCUT2D eigenvalue weighted by Gasteiger charge is 2.23. The van der Waals surface area contributed by atoms with Gasteiger partial charge in [-0.3, -0.25) is 0 Å². The highest BCUT2D eigenvalue weighted by molar-refractivity contribution is 7.99. The minimum Gasteiger partial charge on any atom is -0.480 e. The van der Waals surface area contributed by atoms with Crippen LogP contribution in [0.3, 0.4) is 0 Å². The summed E-state index contributed by atoms with van der Waals surface area (Å²) in [4.78, 5) is 4.92. The van der Waals surface area contributed by atoms with E-state index in [9.17, 15) is 4.39 Å². The number of rotatable bonds is 3. The first kappa shape index (κ1) is 13.2. The Labute approximate surface area is 121 Å². The Bertz CT molecular complexity index is 621. The Morgan fingerprint density at radius 3 is 3.10 bits per heavy atom. The molecule has 0 aliphatic carbocycles. The second kappa shape index (κ2) is 5.71. The Balaban J connectivity index is 1.92. The fourth-order valence-corrected chi connectivity index (χ4v) is 3.53. The smallest absolute Gasteiger partial charge is 0.237 e. The Hall–Kier alpha value is -1.75. The molecular formula is C15H15FN2OS. The van der Waals surface area contributed by atoms with Crippen molar-refractivity contribution in [3.63, 3.8) is 0 Å². The van der Waals surface area contributed by atoms with E-state index in [0.717, 1.165) is 28.3 Å². The molecule has 1 unspecified atom stereocenters. The first-order valence-corrected chi connectivity index (χ1v) is 7.45. The van der Waals surface area contributed by atoms with Crippen molar-refractivity contribution >= 4 is 17.4 Å². The highest BCUT2D eigenvalue weighted by atomic mass is 32.2. The number of halogens is 1. The predicted molar refractivity (Wildman–Crippen MR) is 78.9 cm³/mol. The second-order valence-electron chi connectivity index (χ2n) is 4.55. The first-order valence-electron chi connectivity index (χ1n) is 6.46. The Morgan fingerprint density at radius 2 is 2.25 bits per heavy atom. The van der Waals surface area contributed by atoms with E-state index < -0.39 is 0 Å². The topological polar surface area (TPSA) is 34.1 Å². The number of fused-ring (bicyclic) bond motifs is 1. The standard InChI is InChI=1S/C15H15FN2OS/c1-19-15-13(6-3-8-17-15)18-12-7-9-20-14-10(12)4-2-5-11(14)16/h2-6,8,12,18H,7,9H2,1H3. The summed E-state index contributed by atoms with van der Waals surface area (Å²) < 4.78 is 19.1. The minimum atomic E-state index is -0.142. The number of ether oxygens (including phenoxy) is 1. The van der Waals surface area contributed by atoms with E-state index in [1.807, 2.05) is 18.2 Å². The molecule has 0 spiro atoms. The van der Waals surface area contributed by atoms with E-state index >= 15 is 0 Å². The number of hydrogen-bond donors (Lipinski definition) is 1. The van der Waals surface area contributed by atoms with E-state index in [4.69, 9.17) is 4.74 Å². The predicted octanol–water partition coefficient (Wildman–Crippen LogP) is 3.88. The molecule has 1 aliphatic heterocycles. The summed E-state index contributed by atoms with van der Waals surface area (Å²) in [6.45, 7) is 0. The number of hydrogen-bond acceptors (Lipinski definition) is 4. The fourth-order valence-electron chi connectivity index (χ4n) is 2.39. The van der Waals surface area contributed by atoms with Crippen molar-refractivity contribution in [1.82, 2.24) is 4.98 Å². The molecule has 1 aliphatic rings. The van der Waals surface area contributed by atoms with Gasteiger partial charge in [0.2, 0.25) is 5.88 Å². The summed E-state index contributed by atoms with van der Waals surface area (Å²) in [5.74, 6) is 1.31. The summed E-state index contributed by atoms with van der Waals surface area (Å²) in [7, 11) is 1.60. The number of methoxy groups -OCH3 is 1. The molecule has 0 fully saturated rings. The molecule has 20 heavy (non-hydrogen) atoms. The maximum Gasteiger partial charge on any atom is 0.237 e. The third kappa shape index (κ3) is 2.45. The van der Waals surface area contributed by atoms with E-state index in [2.05, 4.69) is 10.3 Å². The van der Waals surface area contributed by atoms with Gasteiger partial charge < -0.3 is 10.1 Å². The zero-order chi connectivity index (χ0) is 13.9. The third-order valence-electron chi connectivity index (χ3n) is 3.32. The van der Waals surface area contributed by atoms with E-state index in [1.165, 1.54) is 6.07 Å². The molecule has 0 radical (unpaired) electrons. The largest absolute Gasteiger partial charge is 0.480 e. The highest BCUT2D eigenvalue weighted by Crippen LogP contribution is 2.40. The summed E-state index contributed by atoms with van der Waals surface area (Å²) in [6, 6.07) is 9.11. The van der Waals surface area contributed by atoms with Crippen LogP contribution in [0.2, 0.25) is 0 Å². The number of thioether (sulfide) groups is 1. The summed E-state index contributed by atoms with van der Waals surface area (Å²) in [5, 5.41) is 3.42. The van der Waals surface area contributed by atoms with E-state index in [0.29, 0.717) is 5.88 Å². The van der Waals surface area contributed by atoms with Gasteiger partial charge in [-0.15, -0.1) is 11.8 Å². The molecule has 104 valence electrons. The number of anilines is 1. The lowest BCUT2D eigenvalue weighted by Crippen LogP contribution is -2.17. The van der Waals surface area contributed by atoms with Gasteiger partial charge in [0, 0.05) is 16.8 Å². The number of nitrogens with zero attached hydrogens (tertiary/aromatic N) is 1. The third-order valence-corrected chi connectivity index (χ3v) is 4.48. The average Bonchev–Trinajstić information content (AvgIpc) is 2.49. The molecule has 0 bridgehead atoms. The Morgan fingerprint density at radius 1 is 1.35 bits per heavy atom. The SMILES string of the molecule is COc1ncccc1NC1CCSc2c(F)cccc21. The number of nitrogens with one attached hydrogen (secondary N) is 1. The van der Waals surface area contributed by atoms with Crippen molar-refractivity contribution in [1.29, 1.82) is 0 Å². The van der Waals surface area contributed by atoms with Gasteiger partial charge in [0.25, 0.3) is 0 Å². The summed E-state index contributed by atoms with van der Waals surface area (Å²) in [6.07, 6.45) is 2.63. The number of benzene rings is 1. The number of aromatic nitrogens is 1. The molecule has 0 saturated carbocycles. The molecule has 2 aromatic rings. The van der Waals surface area contributed by atoms with Crippen LogP contribution in [0, 0.1) is 5.82 Å². The van der Waals surface area contributed by atoms with Crippen LogP contribution < -0.4 is 10.1 Å². The lowest BCUT2D eigenvalue weighted by atomic mass is 10.0. The molecule has 5 heteroatoms. The monoisotopic (exact) mass is 290 g/mol. The van der Waals surface area contributed by atoms with Gasteiger partial charge in [-0.1, -0.05) is 12.1 Å². The van der Waals surface area contributed by atoms with Crippen LogP contribution >= 0.6 is 11.8 Å². The van der Waals surface area contributed by atoms with Crippen LogP contribution in [0.5, 0.6) is 5.88 Å².